The fraction of sp³-hybridized carbons (Fsp3) is 0.634. The molecule has 0 amide bonds. The highest BCUT2D eigenvalue weighted by molar-refractivity contribution is 5.21. The molecule has 0 bridgehead atoms. The van der Waals surface area contributed by atoms with E-state index in [0.29, 0.717) is 12.1 Å². The standard InChI is InChI=1S/C13H19NO.C12H17NO.C10H15NO.3C2H6/c1-13(2,3)10-7-8-12(15)14(9-10)11-5-4-6-11;1-12(2,3)9-4-7-11(14)13(8-9)10-5-6-10;1-10(2,3)8-5-6-9(12)11(4)7-8;3*1-2/h7-9,11H,4-6H2,1-3H3;4,7-8,10H,5-6H2,1-3H3;5-7H,1-4H3;3*1-2H3. The molecule has 3 aromatic heterocycles. The Morgan fingerprint density at radius 1 is 0.468 bits per heavy atom. The molecule has 0 unspecified atom stereocenters. The van der Waals surface area contributed by atoms with Crippen LogP contribution in [-0.4, -0.2) is 13.7 Å². The van der Waals surface area contributed by atoms with Crippen molar-refractivity contribution in [1.29, 1.82) is 0 Å². The Morgan fingerprint density at radius 3 is 1.02 bits per heavy atom. The van der Waals surface area contributed by atoms with E-state index in [4.69, 9.17) is 0 Å². The molecule has 47 heavy (non-hydrogen) atoms. The smallest absolute Gasteiger partial charge is 0.250 e. The Bertz CT molecular complexity index is 1500. The van der Waals surface area contributed by atoms with Gasteiger partial charge >= 0.3 is 0 Å². The molecule has 2 aliphatic rings. The van der Waals surface area contributed by atoms with E-state index >= 15 is 0 Å². The second-order valence-corrected chi connectivity index (χ2v) is 14.8. The predicted molar refractivity (Wildman–Crippen MR) is 204 cm³/mol. The van der Waals surface area contributed by atoms with Crippen molar-refractivity contribution in [2.75, 3.05) is 0 Å². The number of rotatable bonds is 2. The maximum atomic E-state index is 11.7. The fourth-order valence-corrected chi connectivity index (χ4v) is 4.52. The lowest BCUT2D eigenvalue weighted by molar-refractivity contribution is 0.304. The molecular weight excluding hydrogens is 582 g/mol. The molecule has 5 rings (SSSR count). The van der Waals surface area contributed by atoms with Crippen LogP contribution in [0.25, 0.3) is 0 Å². The van der Waals surface area contributed by atoms with Gasteiger partial charge in [-0.2, -0.15) is 0 Å². The van der Waals surface area contributed by atoms with E-state index in [1.54, 1.807) is 29.8 Å². The van der Waals surface area contributed by atoms with Gasteiger partial charge in [-0.3, -0.25) is 14.4 Å². The van der Waals surface area contributed by atoms with Crippen molar-refractivity contribution in [3.63, 3.8) is 0 Å². The first kappa shape index (κ1) is 43.9. The molecule has 0 aromatic carbocycles. The van der Waals surface area contributed by atoms with Crippen molar-refractivity contribution in [2.45, 2.75) is 164 Å². The Labute approximate surface area is 287 Å². The Balaban J connectivity index is 0.000000627. The summed E-state index contributed by atoms with van der Waals surface area (Å²) in [5.74, 6) is 0. The minimum atomic E-state index is 0.0444. The van der Waals surface area contributed by atoms with Gasteiger partial charge in [-0.05, 0) is 65.0 Å². The summed E-state index contributed by atoms with van der Waals surface area (Å²) < 4.78 is 5.42. The zero-order valence-corrected chi connectivity index (χ0v) is 33.0. The maximum Gasteiger partial charge on any atom is 0.250 e. The summed E-state index contributed by atoms with van der Waals surface area (Å²) in [4.78, 5) is 34.3. The molecule has 2 fully saturated rings. The second kappa shape index (κ2) is 19.6. The van der Waals surface area contributed by atoms with Crippen LogP contribution in [0.1, 0.15) is 165 Å². The first-order valence-electron chi connectivity index (χ1n) is 18.0. The van der Waals surface area contributed by atoms with Crippen LogP contribution < -0.4 is 16.7 Å². The fourth-order valence-electron chi connectivity index (χ4n) is 4.52. The number of aromatic nitrogens is 3. The lowest BCUT2D eigenvalue weighted by atomic mass is 9.87. The SMILES string of the molecule is CC.CC.CC.CC(C)(C)c1ccc(=O)n(C2CC2)c1.CC(C)(C)c1ccc(=O)n(C2CCC2)c1.Cn1cc(C(C)(C)C)ccc1=O. The molecule has 0 spiro atoms. The lowest BCUT2D eigenvalue weighted by Crippen LogP contribution is -2.29. The normalized spacial score (nSPS) is 14.0. The molecule has 0 radical (unpaired) electrons. The highest BCUT2D eigenvalue weighted by atomic mass is 16.1. The third-order valence-corrected chi connectivity index (χ3v) is 7.97. The van der Waals surface area contributed by atoms with E-state index in [9.17, 15) is 14.4 Å². The molecule has 2 aliphatic carbocycles. The molecule has 0 saturated heterocycles. The average Bonchev–Trinajstić information content (AvgIpc) is 3.83. The Kier molecular flexibility index (Phi) is 18.3. The largest absolute Gasteiger partial charge is 0.318 e. The van der Waals surface area contributed by atoms with Crippen molar-refractivity contribution in [2.24, 2.45) is 7.05 Å². The summed E-state index contributed by atoms with van der Waals surface area (Å²) >= 11 is 0. The van der Waals surface area contributed by atoms with Gasteiger partial charge in [-0.15, -0.1) is 0 Å². The lowest BCUT2D eigenvalue weighted by Gasteiger charge is -2.29. The van der Waals surface area contributed by atoms with Crippen LogP contribution >= 0.6 is 0 Å². The first-order valence-corrected chi connectivity index (χ1v) is 18.0. The van der Waals surface area contributed by atoms with Gasteiger partial charge < -0.3 is 13.7 Å². The molecule has 0 N–H and O–H groups in total. The summed E-state index contributed by atoms with van der Waals surface area (Å²) in [7, 11) is 1.78. The molecule has 3 aromatic rings. The molecule has 3 heterocycles. The summed E-state index contributed by atoms with van der Waals surface area (Å²) in [6.07, 6.45) is 11.9. The summed E-state index contributed by atoms with van der Waals surface area (Å²) in [6, 6.07) is 11.7. The molecule has 0 aliphatic heterocycles. The van der Waals surface area contributed by atoms with Crippen LogP contribution in [0.5, 0.6) is 0 Å². The van der Waals surface area contributed by atoms with Crippen molar-refractivity contribution < 1.29 is 0 Å². The third kappa shape index (κ3) is 14.2. The quantitative estimate of drug-likeness (QED) is 0.277. The van der Waals surface area contributed by atoms with Crippen molar-refractivity contribution in [3.05, 3.63) is 103 Å². The summed E-state index contributed by atoms with van der Waals surface area (Å²) in [5.41, 5.74) is 4.37. The summed E-state index contributed by atoms with van der Waals surface area (Å²) in [6.45, 7) is 31.4. The van der Waals surface area contributed by atoms with Crippen molar-refractivity contribution in [1.82, 2.24) is 13.7 Å². The topological polar surface area (TPSA) is 66.0 Å². The van der Waals surface area contributed by atoms with E-state index in [0.717, 1.165) is 25.7 Å². The van der Waals surface area contributed by atoms with Crippen LogP contribution in [0, 0.1) is 0 Å². The monoisotopic (exact) mass is 652 g/mol. The van der Waals surface area contributed by atoms with Crippen LogP contribution in [0.3, 0.4) is 0 Å². The maximum absolute atomic E-state index is 11.7. The number of nitrogens with zero attached hydrogens (tertiary/aromatic N) is 3. The highest BCUT2D eigenvalue weighted by Crippen LogP contribution is 2.34. The minimum absolute atomic E-state index is 0.0444. The van der Waals surface area contributed by atoms with Gasteiger partial charge in [0.05, 0.1) is 0 Å². The predicted octanol–water partition coefficient (Wildman–Crippen LogP) is 10.1. The molecule has 2 saturated carbocycles. The van der Waals surface area contributed by atoms with Crippen LogP contribution in [0.2, 0.25) is 0 Å². The Hall–Kier alpha value is -3.15. The third-order valence-electron chi connectivity index (χ3n) is 7.97. The van der Waals surface area contributed by atoms with Crippen molar-refractivity contribution >= 4 is 0 Å². The van der Waals surface area contributed by atoms with E-state index in [2.05, 4.69) is 62.3 Å². The molecular formula is C41H69N3O3. The van der Waals surface area contributed by atoms with Gasteiger partial charge in [-0.25, -0.2) is 0 Å². The van der Waals surface area contributed by atoms with E-state index in [1.807, 2.05) is 87.5 Å². The Morgan fingerprint density at radius 2 is 0.766 bits per heavy atom. The zero-order chi connectivity index (χ0) is 36.8. The van der Waals surface area contributed by atoms with E-state index in [-0.39, 0.29) is 32.9 Å². The number of aryl methyl sites for hydroxylation is 1. The van der Waals surface area contributed by atoms with Gasteiger partial charge in [0, 0.05) is 55.9 Å². The van der Waals surface area contributed by atoms with Crippen LogP contribution in [0.4, 0.5) is 0 Å². The van der Waals surface area contributed by atoms with Crippen LogP contribution in [-0.2, 0) is 23.3 Å². The van der Waals surface area contributed by atoms with E-state index < -0.39 is 0 Å². The highest BCUT2D eigenvalue weighted by Gasteiger charge is 2.26. The molecule has 6 heteroatoms. The number of pyridine rings is 3. The number of hydrogen-bond acceptors (Lipinski definition) is 3. The molecule has 0 atom stereocenters. The van der Waals surface area contributed by atoms with Gasteiger partial charge in [0.15, 0.2) is 0 Å². The van der Waals surface area contributed by atoms with Crippen molar-refractivity contribution in [3.8, 4) is 0 Å². The first-order chi connectivity index (χ1) is 21.9. The van der Waals surface area contributed by atoms with Gasteiger partial charge in [-0.1, -0.05) is 122 Å². The van der Waals surface area contributed by atoms with E-state index in [1.165, 1.54) is 23.1 Å². The second-order valence-electron chi connectivity index (χ2n) is 14.8. The summed E-state index contributed by atoms with van der Waals surface area (Å²) in [5, 5.41) is 0. The molecule has 6 nitrogen and oxygen atoms in total. The van der Waals surface area contributed by atoms with Gasteiger partial charge in [0.1, 0.15) is 0 Å². The molecule has 266 valence electrons. The van der Waals surface area contributed by atoms with Crippen LogP contribution in [0.15, 0.2) is 69.4 Å². The zero-order valence-electron chi connectivity index (χ0n) is 33.0. The number of hydrogen-bond donors (Lipinski definition) is 0. The minimum Gasteiger partial charge on any atom is -0.318 e. The average molecular weight is 652 g/mol. The van der Waals surface area contributed by atoms with Gasteiger partial charge in [0.2, 0.25) is 5.56 Å². The van der Waals surface area contributed by atoms with Gasteiger partial charge in [0.25, 0.3) is 11.1 Å².